The number of hydrogen-bond acceptors (Lipinski definition) is 4. The molecule has 0 unspecified atom stereocenters. The van der Waals surface area contributed by atoms with Gasteiger partial charge in [-0.25, -0.2) is 4.68 Å². The smallest absolute Gasteiger partial charge is 0.0648 e. The van der Waals surface area contributed by atoms with Gasteiger partial charge in [-0.15, -0.1) is 0 Å². The molecule has 1 saturated heterocycles. The molecular formula is C22H32N4O. The van der Waals surface area contributed by atoms with Gasteiger partial charge in [0, 0.05) is 57.3 Å². The van der Waals surface area contributed by atoms with Crippen LogP contribution < -0.4 is 0 Å². The van der Waals surface area contributed by atoms with Crippen LogP contribution in [-0.2, 0) is 6.54 Å². The summed E-state index contributed by atoms with van der Waals surface area (Å²) < 4.78 is 1.92. The van der Waals surface area contributed by atoms with E-state index in [1.807, 2.05) is 23.1 Å². The molecule has 146 valence electrons. The highest BCUT2D eigenvalue weighted by molar-refractivity contribution is 5.35. The van der Waals surface area contributed by atoms with Crippen molar-refractivity contribution in [2.45, 2.75) is 57.2 Å². The van der Waals surface area contributed by atoms with Crippen molar-refractivity contribution in [1.82, 2.24) is 19.6 Å². The zero-order chi connectivity index (χ0) is 18.5. The Morgan fingerprint density at radius 1 is 1.07 bits per heavy atom. The lowest BCUT2D eigenvalue weighted by atomic mass is 9.91. The Hall–Kier alpha value is -1.69. The Morgan fingerprint density at radius 2 is 1.96 bits per heavy atom. The maximum atomic E-state index is 9.60. The van der Waals surface area contributed by atoms with Crippen LogP contribution in [0.1, 0.15) is 44.1 Å². The summed E-state index contributed by atoms with van der Waals surface area (Å²) in [4.78, 5) is 5.27. The molecule has 4 rings (SSSR count). The molecule has 2 aromatic rings. The van der Waals surface area contributed by atoms with Gasteiger partial charge in [-0.1, -0.05) is 31.4 Å². The van der Waals surface area contributed by atoms with Gasteiger partial charge in [-0.05, 0) is 43.0 Å². The topological polar surface area (TPSA) is 44.5 Å². The minimum absolute atomic E-state index is 0.288. The number of aromatic nitrogens is 2. The first-order valence-electron chi connectivity index (χ1n) is 10.5. The third kappa shape index (κ3) is 4.60. The van der Waals surface area contributed by atoms with Gasteiger partial charge >= 0.3 is 0 Å². The summed E-state index contributed by atoms with van der Waals surface area (Å²) in [5.74, 6) is 0. The molecule has 1 N–H and O–H groups in total. The SMILES string of the molecule is OCC[C@H]1CN(Cc2cccc(-n3cccn3)c2)CCN1C1CCCCC1. The second kappa shape index (κ2) is 9.00. The van der Waals surface area contributed by atoms with Crippen LogP contribution in [0.2, 0.25) is 0 Å². The van der Waals surface area contributed by atoms with E-state index >= 15 is 0 Å². The Bertz CT molecular complexity index is 696. The number of aliphatic hydroxyl groups excluding tert-OH is 1. The number of piperazine rings is 1. The molecule has 0 radical (unpaired) electrons. The number of aliphatic hydroxyl groups is 1. The molecule has 2 fully saturated rings. The Kier molecular flexibility index (Phi) is 6.22. The van der Waals surface area contributed by atoms with E-state index in [0.717, 1.165) is 44.3 Å². The van der Waals surface area contributed by atoms with E-state index in [1.54, 1.807) is 0 Å². The van der Waals surface area contributed by atoms with Crippen LogP contribution in [0.5, 0.6) is 0 Å². The minimum Gasteiger partial charge on any atom is -0.396 e. The predicted molar refractivity (Wildman–Crippen MR) is 108 cm³/mol. The number of hydrogen-bond donors (Lipinski definition) is 1. The molecule has 1 atom stereocenters. The standard InChI is InChI=1S/C22H32N4O/c27-15-10-22-18-24(13-14-25(22)20-7-2-1-3-8-20)17-19-6-4-9-21(16-19)26-12-5-11-23-26/h4-6,9,11-12,16,20,22,27H,1-3,7-8,10,13-15,17-18H2/t22-/m0/s1. The van der Waals surface area contributed by atoms with E-state index in [-0.39, 0.29) is 6.61 Å². The van der Waals surface area contributed by atoms with E-state index in [0.29, 0.717) is 6.04 Å². The van der Waals surface area contributed by atoms with Gasteiger partial charge in [-0.2, -0.15) is 5.10 Å². The molecule has 5 nitrogen and oxygen atoms in total. The monoisotopic (exact) mass is 368 g/mol. The predicted octanol–water partition coefficient (Wildman–Crippen LogP) is 3.07. The molecule has 5 heteroatoms. The van der Waals surface area contributed by atoms with Crippen molar-refractivity contribution >= 4 is 0 Å². The molecule has 27 heavy (non-hydrogen) atoms. The van der Waals surface area contributed by atoms with Crippen LogP contribution in [0.25, 0.3) is 5.69 Å². The zero-order valence-electron chi connectivity index (χ0n) is 16.2. The van der Waals surface area contributed by atoms with E-state index in [9.17, 15) is 5.11 Å². The first kappa shape index (κ1) is 18.7. The molecule has 1 aromatic heterocycles. The quantitative estimate of drug-likeness (QED) is 0.851. The zero-order valence-corrected chi connectivity index (χ0v) is 16.2. The molecular weight excluding hydrogens is 336 g/mol. The fraction of sp³-hybridized carbons (Fsp3) is 0.591. The number of rotatable bonds is 6. The average Bonchev–Trinajstić information content (AvgIpc) is 3.24. The molecule has 0 bridgehead atoms. The lowest BCUT2D eigenvalue weighted by Gasteiger charge is -2.46. The lowest BCUT2D eigenvalue weighted by molar-refractivity contribution is 0.0137. The average molecular weight is 369 g/mol. The maximum Gasteiger partial charge on any atom is 0.0648 e. The highest BCUT2D eigenvalue weighted by Crippen LogP contribution is 2.27. The summed E-state index contributed by atoms with van der Waals surface area (Å²) in [5, 5.41) is 13.9. The van der Waals surface area contributed by atoms with Crippen molar-refractivity contribution < 1.29 is 5.11 Å². The van der Waals surface area contributed by atoms with Crippen LogP contribution in [0.3, 0.4) is 0 Å². The number of benzene rings is 1. The molecule has 1 aliphatic heterocycles. The molecule has 2 heterocycles. The van der Waals surface area contributed by atoms with Gasteiger partial charge in [0.25, 0.3) is 0 Å². The van der Waals surface area contributed by atoms with Crippen molar-refractivity contribution in [2.24, 2.45) is 0 Å². The van der Waals surface area contributed by atoms with Crippen molar-refractivity contribution in [3.63, 3.8) is 0 Å². The van der Waals surface area contributed by atoms with Crippen molar-refractivity contribution in [1.29, 1.82) is 0 Å². The van der Waals surface area contributed by atoms with Gasteiger partial charge in [-0.3, -0.25) is 9.80 Å². The summed E-state index contributed by atoms with van der Waals surface area (Å²) in [6.07, 6.45) is 11.5. The highest BCUT2D eigenvalue weighted by Gasteiger charge is 2.32. The minimum atomic E-state index is 0.288. The fourth-order valence-corrected chi connectivity index (χ4v) is 4.85. The second-order valence-corrected chi connectivity index (χ2v) is 8.05. The molecule has 2 aliphatic rings. The van der Waals surface area contributed by atoms with E-state index in [4.69, 9.17) is 0 Å². The summed E-state index contributed by atoms with van der Waals surface area (Å²) in [6.45, 7) is 4.56. The summed E-state index contributed by atoms with van der Waals surface area (Å²) >= 11 is 0. The Labute approximate surface area is 162 Å². The van der Waals surface area contributed by atoms with Crippen LogP contribution in [0, 0.1) is 0 Å². The van der Waals surface area contributed by atoms with Gasteiger partial charge in [0.2, 0.25) is 0 Å². The van der Waals surface area contributed by atoms with Gasteiger partial charge < -0.3 is 5.11 Å². The van der Waals surface area contributed by atoms with E-state index in [2.05, 4.69) is 39.2 Å². The van der Waals surface area contributed by atoms with Crippen molar-refractivity contribution in [3.8, 4) is 5.69 Å². The second-order valence-electron chi connectivity index (χ2n) is 8.05. The van der Waals surface area contributed by atoms with Crippen LogP contribution >= 0.6 is 0 Å². The Balaban J connectivity index is 1.41. The van der Waals surface area contributed by atoms with E-state index in [1.165, 1.54) is 37.7 Å². The summed E-state index contributed by atoms with van der Waals surface area (Å²) in [6, 6.07) is 11.9. The molecule has 0 spiro atoms. The molecule has 1 saturated carbocycles. The van der Waals surface area contributed by atoms with Crippen LogP contribution in [0.15, 0.2) is 42.7 Å². The summed E-state index contributed by atoms with van der Waals surface area (Å²) in [5.41, 5.74) is 2.45. The van der Waals surface area contributed by atoms with Crippen molar-refractivity contribution in [2.75, 3.05) is 26.2 Å². The fourth-order valence-electron chi connectivity index (χ4n) is 4.85. The lowest BCUT2D eigenvalue weighted by Crippen LogP contribution is -2.56. The van der Waals surface area contributed by atoms with Gasteiger partial charge in [0.15, 0.2) is 0 Å². The van der Waals surface area contributed by atoms with Crippen LogP contribution in [0.4, 0.5) is 0 Å². The first-order chi connectivity index (χ1) is 13.3. The largest absolute Gasteiger partial charge is 0.396 e. The third-order valence-electron chi connectivity index (χ3n) is 6.20. The first-order valence-corrected chi connectivity index (χ1v) is 10.5. The van der Waals surface area contributed by atoms with E-state index < -0.39 is 0 Å². The third-order valence-corrected chi connectivity index (χ3v) is 6.20. The maximum absolute atomic E-state index is 9.60. The normalized spacial score (nSPS) is 22.9. The van der Waals surface area contributed by atoms with Gasteiger partial charge in [0.1, 0.15) is 0 Å². The number of nitrogens with zero attached hydrogens (tertiary/aromatic N) is 4. The summed E-state index contributed by atoms with van der Waals surface area (Å²) in [7, 11) is 0. The van der Waals surface area contributed by atoms with Crippen LogP contribution in [-0.4, -0.2) is 63.0 Å². The highest BCUT2D eigenvalue weighted by atomic mass is 16.3. The van der Waals surface area contributed by atoms with Gasteiger partial charge in [0.05, 0.1) is 5.69 Å². The molecule has 1 aromatic carbocycles. The molecule has 1 aliphatic carbocycles. The van der Waals surface area contributed by atoms with Crippen molar-refractivity contribution in [3.05, 3.63) is 48.3 Å². The molecule has 0 amide bonds. The Morgan fingerprint density at radius 3 is 2.74 bits per heavy atom.